The number of carbonyl (C=O) groups is 1. The number of aromatic nitrogens is 3. The van der Waals surface area contributed by atoms with Crippen molar-refractivity contribution in [2.75, 3.05) is 12.4 Å². The van der Waals surface area contributed by atoms with Gasteiger partial charge in [0.15, 0.2) is 11.5 Å². The maximum atomic E-state index is 13.1. The van der Waals surface area contributed by atoms with Crippen molar-refractivity contribution in [3.05, 3.63) is 50.5 Å². The highest BCUT2D eigenvalue weighted by atomic mass is 35.5. The van der Waals surface area contributed by atoms with E-state index in [1.165, 1.54) is 6.42 Å². The van der Waals surface area contributed by atoms with E-state index in [-0.39, 0.29) is 23.0 Å². The Kier molecular flexibility index (Phi) is 6.15. The molecule has 0 radical (unpaired) electrons. The first kappa shape index (κ1) is 22.2. The van der Waals surface area contributed by atoms with Crippen molar-refractivity contribution in [3.63, 3.8) is 0 Å². The van der Waals surface area contributed by atoms with Gasteiger partial charge in [-0.05, 0) is 44.9 Å². The molecule has 0 spiro atoms. The zero-order valence-electron chi connectivity index (χ0n) is 18.7. The zero-order chi connectivity index (χ0) is 23.0. The Balaban J connectivity index is 1.63. The quantitative estimate of drug-likeness (QED) is 0.588. The smallest absolute Gasteiger partial charge is 0.291 e. The van der Waals surface area contributed by atoms with Crippen LogP contribution in [-0.4, -0.2) is 27.5 Å². The number of halogens is 1. The number of amides is 1. The monoisotopic (exact) mass is 458 g/mol. The van der Waals surface area contributed by atoms with Crippen molar-refractivity contribution in [3.8, 4) is 17.1 Å². The van der Waals surface area contributed by atoms with Crippen LogP contribution in [0.25, 0.3) is 11.3 Å². The first-order chi connectivity index (χ1) is 15.3. The molecule has 170 valence electrons. The molecule has 1 aromatic carbocycles. The fourth-order valence-electron chi connectivity index (χ4n) is 4.39. The predicted octanol–water partition coefficient (Wildman–Crippen LogP) is 4.88. The Morgan fingerprint density at radius 2 is 1.97 bits per heavy atom. The van der Waals surface area contributed by atoms with Crippen LogP contribution in [0.4, 0.5) is 5.69 Å². The van der Waals surface area contributed by atoms with Gasteiger partial charge in [0, 0.05) is 18.2 Å². The molecule has 8 nitrogen and oxygen atoms in total. The van der Waals surface area contributed by atoms with E-state index in [0.29, 0.717) is 33.4 Å². The number of hydrogen-bond acceptors (Lipinski definition) is 5. The average molecular weight is 459 g/mol. The normalized spacial score (nSPS) is 14.5. The summed E-state index contributed by atoms with van der Waals surface area (Å²) >= 11 is 6.35. The molecule has 1 aliphatic carbocycles. The Hall–Kier alpha value is -3.00. The van der Waals surface area contributed by atoms with Crippen LogP contribution in [0.1, 0.15) is 59.9 Å². The first-order valence-electron chi connectivity index (χ1n) is 10.7. The molecule has 3 aromatic rings. The first-order valence-corrected chi connectivity index (χ1v) is 11.1. The summed E-state index contributed by atoms with van der Waals surface area (Å²) < 4.78 is 14.2. The molecule has 0 saturated heterocycles. The van der Waals surface area contributed by atoms with Gasteiger partial charge < -0.3 is 14.6 Å². The molecular formula is C23H27ClN4O4. The predicted molar refractivity (Wildman–Crippen MR) is 123 cm³/mol. The minimum Gasteiger partial charge on any atom is -0.497 e. The largest absolute Gasteiger partial charge is 0.497 e. The molecule has 2 aromatic heterocycles. The number of nitrogens with one attached hydrogen (secondary N) is 1. The number of carbonyl (C=O) groups excluding carboxylic acids is 1. The van der Waals surface area contributed by atoms with Gasteiger partial charge in [0.25, 0.3) is 11.5 Å². The van der Waals surface area contributed by atoms with Gasteiger partial charge in [-0.25, -0.2) is 4.68 Å². The van der Waals surface area contributed by atoms with Crippen LogP contribution < -0.4 is 15.6 Å². The highest BCUT2D eigenvalue weighted by Gasteiger charge is 2.27. The van der Waals surface area contributed by atoms with Crippen LogP contribution in [-0.2, 0) is 7.05 Å². The summed E-state index contributed by atoms with van der Waals surface area (Å²) in [5, 5.41) is 7.14. The van der Waals surface area contributed by atoms with E-state index in [9.17, 15) is 9.59 Å². The van der Waals surface area contributed by atoms with Gasteiger partial charge in [0.2, 0.25) is 0 Å². The lowest BCUT2D eigenvalue weighted by molar-refractivity contribution is 0.101. The molecule has 0 aliphatic heterocycles. The maximum absolute atomic E-state index is 13.1. The Labute approximate surface area is 191 Å². The number of anilines is 1. The molecule has 9 heteroatoms. The Bertz CT molecular complexity index is 1220. The molecule has 0 bridgehead atoms. The second-order valence-electron chi connectivity index (χ2n) is 8.21. The SMILES string of the molecule is COc1ccc(-c2onc(C(=O)Nc3c(C)n(C)n(C4CCCCC4)c3=O)c2C)c(Cl)c1. The second-order valence-corrected chi connectivity index (χ2v) is 8.62. The molecule has 1 N–H and O–H groups in total. The summed E-state index contributed by atoms with van der Waals surface area (Å²) in [5.74, 6) is 0.513. The lowest BCUT2D eigenvalue weighted by Crippen LogP contribution is -2.29. The average Bonchev–Trinajstić information content (AvgIpc) is 3.27. The maximum Gasteiger partial charge on any atom is 0.291 e. The molecular weight excluding hydrogens is 432 g/mol. The van der Waals surface area contributed by atoms with Crippen LogP contribution >= 0.6 is 11.6 Å². The summed E-state index contributed by atoms with van der Waals surface area (Å²) in [4.78, 5) is 26.2. The molecule has 0 unspecified atom stereocenters. The van der Waals surface area contributed by atoms with Gasteiger partial charge in [0.1, 0.15) is 11.4 Å². The second kappa shape index (κ2) is 8.86. The third-order valence-corrected chi connectivity index (χ3v) is 6.62. The standard InChI is InChI=1S/C23H27ClN4O4/c1-13-19(26-32-21(13)17-11-10-16(31-4)12-18(17)24)22(29)25-20-14(2)27(3)28(23(20)30)15-8-6-5-7-9-15/h10-12,15H,5-9H2,1-4H3,(H,25,29). The van der Waals surface area contributed by atoms with E-state index in [1.807, 2.05) is 18.7 Å². The van der Waals surface area contributed by atoms with Crippen molar-refractivity contribution < 1.29 is 14.1 Å². The van der Waals surface area contributed by atoms with Crippen LogP contribution in [0.5, 0.6) is 5.75 Å². The molecule has 1 aliphatic rings. The van der Waals surface area contributed by atoms with Gasteiger partial charge in [0.05, 0.1) is 23.9 Å². The highest BCUT2D eigenvalue weighted by Crippen LogP contribution is 2.34. The van der Waals surface area contributed by atoms with Crippen molar-refractivity contribution >= 4 is 23.2 Å². The van der Waals surface area contributed by atoms with Crippen LogP contribution in [0.15, 0.2) is 27.5 Å². The number of nitrogens with zero attached hydrogens (tertiary/aromatic N) is 3. The van der Waals surface area contributed by atoms with E-state index >= 15 is 0 Å². The summed E-state index contributed by atoms with van der Waals surface area (Å²) in [6.07, 6.45) is 5.36. The van der Waals surface area contributed by atoms with E-state index in [1.54, 1.807) is 36.9 Å². The lowest BCUT2D eigenvalue weighted by atomic mass is 9.96. The molecule has 4 rings (SSSR count). The minimum absolute atomic E-state index is 0.110. The van der Waals surface area contributed by atoms with E-state index in [0.717, 1.165) is 25.7 Å². The van der Waals surface area contributed by atoms with Crippen LogP contribution in [0.3, 0.4) is 0 Å². The molecule has 1 saturated carbocycles. The van der Waals surface area contributed by atoms with Crippen molar-refractivity contribution in [2.24, 2.45) is 7.05 Å². The van der Waals surface area contributed by atoms with Crippen molar-refractivity contribution in [1.29, 1.82) is 0 Å². The van der Waals surface area contributed by atoms with Gasteiger partial charge in [-0.1, -0.05) is 36.0 Å². The summed E-state index contributed by atoms with van der Waals surface area (Å²) in [6, 6.07) is 5.33. The van der Waals surface area contributed by atoms with Crippen molar-refractivity contribution in [1.82, 2.24) is 14.5 Å². The molecule has 32 heavy (non-hydrogen) atoms. The third-order valence-electron chi connectivity index (χ3n) is 6.31. The molecule has 1 fully saturated rings. The third kappa shape index (κ3) is 3.83. The molecule has 0 atom stereocenters. The Morgan fingerprint density at radius 3 is 2.62 bits per heavy atom. The molecule has 1 amide bonds. The fourth-order valence-corrected chi connectivity index (χ4v) is 4.64. The zero-order valence-corrected chi connectivity index (χ0v) is 19.5. The Morgan fingerprint density at radius 1 is 1.25 bits per heavy atom. The van der Waals surface area contributed by atoms with Crippen LogP contribution in [0, 0.1) is 13.8 Å². The number of ether oxygens (including phenoxy) is 1. The highest BCUT2D eigenvalue weighted by molar-refractivity contribution is 6.33. The van der Waals surface area contributed by atoms with E-state index in [4.69, 9.17) is 20.9 Å². The van der Waals surface area contributed by atoms with Gasteiger partial charge >= 0.3 is 0 Å². The number of rotatable bonds is 5. The van der Waals surface area contributed by atoms with E-state index in [2.05, 4.69) is 10.5 Å². The number of benzene rings is 1. The van der Waals surface area contributed by atoms with Crippen LogP contribution in [0.2, 0.25) is 5.02 Å². The van der Waals surface area contributed by atoms with Crippen molar-refractivity contribution in [2.45, 2.75) is 52.0 Å². The van der Waals surface area contributed by atoms with Gasteiger partial charge in [-0.15, -0.1) is 0 Å². The minimum atomic E-state index is -0.497. The lowest BCUT2D eigenvalue weighted by Gasteiger charge is -2.24. The fraction of sp³-hybridized carbons (Fsp3) is 0.435. The van der Waals surface area contributed by atoms with Gasteiger partial charge in [-0.2, -0.15) is 0 Å². The topological polar surface area (TPSA) is 91.3 Å². The number of methoxy groups -OCH3 is 1. The molecule has 2 heterocycles. The summed E-state index contributed by atoms with van der Waals surface area (Å²) in [7, 11) is 3.41. The summed E-state index contributed by atoms with van der Waals surface area (Å²) in [5.41, 5.74) is 2.04. The van der Waals surface area contributed by atoms with Gasteiger partial charge in [-0.3, -0.25) is 14.3 Å². The number of hydrogen-bond donors (Lipinski definition) is 1. The van der Waals surface area contributed by atoms with E-state index < -0.39 is 5.91 Å². The summed E-state index contributed by atoms with van der Waals surface area (Å²) in [6.45, 7) is 3.56.